The summed E-state index contributed by atoms with van der Waals surface area (Å²) in [6, 6.07) is 5.83. The van der Waals surface area contributed by atoms with E-state index in [0.717, 1.165) is 49.2 Å². The van der Waals surface area contributed by atoms with Gasteiger partial charge in [0.1, 0.15) is 0 Å². The van der Waals surface area contributed by atoms with Gasteiger partial charge in [-0.3, -0.25) is 4.79 Å². The first-order valence-electron chi connectivity index (χ1n) is 9.57. The van der Waals surface area contributed by atoms with Gasteiger partial charge in [0.2, 0.25) is 0 Å². The molecule has 0 radical (unpaired) electrons. The van der Waals surface area contributed by atoms with Crippen molar-refractivity contribution in [3.05, 3.63) is 23.8 Å². The van der Waals surface area contributed by atoms with E-state index in [0.29, 0.717) is 0 Å². The summed E-state index contributed by atoms with van der Waals surface area (Å²) in [6.07, 6.45) is 8.08. The minimum Gasteiger partial charge on any atom is -0.493 e. The minimum atomic E-state index is -0.256. The van der Waals surface area contributed by atoms with Crippen molar-refractivity contribution in [3.8, 4) is 23.3 Å². The molecule has 1 fully saturated rings. The van der Waals surface area contributed by atoms with Gasteiger partial charge in [-0.15, -0.1) is 5.92 Å². The molecule has 1 aromatic rings. The summed E-state index contributed by atoms with van der Waals surface area (Å²) in [5.41, 5.74) is 0.966. The number of hydrogen-bond acceptors (Lipinski definition) is 4. The van der Waals surface area contributed by atoms with Crippen molar-refractivity contribution in [1.82, 2.24) is 0 Å². The second-order valence-electron chi connectivity index (χ2n) is 6.69. The Morgan fingerprint density at radius 3 is 2.65 bits per heavy atom. The molecule has 1 aliphatic carbocycles. The normalized spacial score (nSPS) is 15.0. The lowest BCUT2D eigenvalue weighted by molar-refractivity contribution is -0.140. The molecule has 2 rings (SSSR count). The third-order valence-electron chi connectivity index (χ3n) is 4.72. The van der Waals surface area contributed by atoms with Crippen LogP contribution in [0.1, 0.15) is 69.8 Å². The maximum atomic E-state index is 11.8. The summed E-state index contributed by atoms with van der Waals surface area (Å²) in [6.45, 7) is 2.14. The van der Waals surface area contributed by atoms with E-state index in [1.54, 1.807) is 7.11 Å². The maximum Gasteiger partial charge on any atom is 0.307 e. The van der Waals surface area contributed by atoms with Crippen LogP contribution >= 0.6 is 0 Å². The van der Waals surface area contributed by atoms with E-state index in [4.69, 9.17) is 14.2 Å². The number of esters is 1. The van der Waals surface area contributed by atoms with Gasteiger partial charge in [0.05, 0.1) is 32.7 Å². The van der Waals surface area contributed by atoms with Crippen LogP contribution in [0.3, 0.4) is 0 Å². The highest BCUT2D eigenvalue weighted by atomic mass is 16.5. The van der Waals surface area contributed by atoms with Crippen LogP contribution in [0.5, 0.6) is 11.5 Å². The van der Waals surface area contributed by atoms with Crippen LogP contribution in [0.25, 0.3) is 0 Å². The Morgan fingerprint density at radius 1 is 1.23 bits per heavy atom. The Balaban J connectivity index is 2.23. The molecule has 0 aromatic heterocycles. The summed E-state index contributed by atoms with van der Waals surface area (Å²) in [5.74, 6) is 7.46. The molecule has 0 N–H and O–H groups in total. The molecule has 1 atom stereocenters. The number of benzene rings is 1. The van der Waals surface area contributed by atoms with Crippen LogP contribution in [-0.4, -0.2) is 26.3 Å². The van der Waals surface area contributed by atoms with E-state index in [1.807, 2.05) is 18.2 Å². The van der Waals surface area contributed by atoms with Gasteiger partial charge in [0.25, 0.3) is 0 Å². The van der Waals surface area contributed by atoms with Gasteiger partial charge in [-0.05, 0) is 49.8 Å². The molecule has 0 spiro atoms. The maximum absolute atomic E-state index is 11.8. The summed E-state index contributed by atoms with van der Waals surface area (Å²) in [7, 11) is 3.06. The predicted molar refractivity (Wildman–Crippen MR) is 103 cm³/mol. The van der Waals surface area contributed by atoms with Gasteiger partial charge >= 0.3 is 5.97 Å². The highest BCUT2D eigenvalue weighted by Gasteiger charge is 2.21. The van der Waals surface area contributed by atoms with Gasteiger partial charge < -0.3 is 14.2 Å². The van der Waals surface area contributed by atoms with Crippen LogP contribution in [0.15, 0.2) is 18.2 Å². The van der Waals surface area contributed by atoms with Gasteiger partial charge in [-0.25, -0.2) is 0 Å². The van der Waals surface area contributed by atoms with Gasteiger partial charge in [-0.1, -0.05) is 25.3 Å². The molecule has 0 saturated heterocycles. The van der Waals surface area contributed by atoms with E-state index in [9.17, 15) is 4.79 Å². The van der Waals surface area contributed by atoms with Crippen LogP contribution in [0, 0.1) is 11.8 Å². The van der Waals surface area contributed by atoms with Crippen molar-refractivity contribution in [3.63, 3.8) is 0 Å². The van der Waals surface area contributed by atoms with Crippen molar-refractivity contribution in [1.29, 1.82) is 0 Å². The summed E-state index contributed by atoms with van der Waals surface area (Å²) < 4.78 is 16.5. The zero-order valence-corrected chi connectivity index (χ0v) is 16.2. The molecule has 4 heteroatoms. The Labute approximate surface area is 157 Å². The number of ether oxygens (including phenoxy) is 3. The number of rotatable bonds is 8. The first-order chi connectivity index (χ1) is 12.7. The lowest BCUT2D eigenvalue weighted by atomic mass is 9.95. The van der Waals surface area contributed by atoms with E-state index in [-0.39, 0.29) is 24.4 Å². The van der Waals surface area contributed by atoms with E-state index in [2.05, 4.69) is 18.8 Å². The monoisotopic (exact) mass is 358 g/mol. The molecule has 0 aliphatic heterocycles. The van der Waals surface area contributed by atoms with Gasteiger partial charge in [-0.2, -0.15) is 0 Å². The average Bonchev–Trinajstić information content (AvgIpc) is 3.17. The third kappa shape index (κ3) is 5.98. The number of hydrogen-bond donors (Lipinski definition) is 0. The number of unbranched alkanes of at least 4 members (excludes halogenated alkanes) is 2. The molecule has 142 valence electrons. The minimum absolute atomic E-state index is 0.198. The molecule has 4 nitrogen and oxygen atoms in total. The smallest absolute Gasteiger partial charge is 0.307 e. The first-order valence-corrected chi connectivity index (χ1v) is 9.57. The first kappa shape index (κ1) is 20.2. The quantitative estimate of drug-likeness (QED) is 0.378. The van der Waals surface area contributed by atoms with Crippen LogP contribution in [0.4, 0.5) is 0 Å². The van der Waals surface area contributed by atoms with Crippen LogP contribution in [-0.2, 0) is 9.53 Å². The van der Waals surface area contributed by atoms with E-state index >= 15 is 0 Å². The zero-order chi connectivity index (χ0) is 18.8. The SMILES string of the molecule is CCCCC#CC(CC(=O)OC)c1ccc(OC)c(OC2CCCC2)c1. The Hall–Kier alpha value is -2.15. The highest BCUT2D eigenvalue weighted by molar-refractivity contribution is 5.71. The van der Waals surface area contributed by atoms with Gasteiger partial charge in [0.15, 0.2) is 11.5 Å². The lowest BCUT2D eigenvalue weighted by Crippen LogP contribution is -2.12. The van der Waals surface area contributed by atoms with Crippen LogP contribution in [0.2, 0.25) is 0 Å². The summed E-state index contributed by atoms with van der Waals surface area (Å²) >= 11 is 0. The van der Waals surface area contributed by atoms with E-state index in [1.165, 1.54) is 20.0 Å². The van der Waals surface area contributed by atoms with Crippen molar-refractivity contribution in [2.45, 2.75) is 70.3 Å². The molecule has 26 heavy (non-hydrogen) atoms. The van der Waals surface area contributed by atoms with Gasteiger partial charge in [0, 0.05) is 6.42 Å². The molecule has 0 heterocycles. The lowest BCUT2D eigenvalue weighted by Gasteiger charge is -2.18. The standard InChI is InChI=1S/C22H30O4/c1-4-5-6-7-10-17(16-22(23)25-3)18-13-14-20(24-2)21(15-18)26-19-11-8-9-12-19/h13-15,17,19H,4-6,8-9,11-12,16H2,1-3H3. The van der Waals surface area contributed by atoms with Crippen molar-refractivity contribution < 1.29 is 19.0 Å². The Morgan fingerprint density at radius 2 is 2.00 bits per heavy atom. The fourth-order valence-corrected chi connectivity index (χ4v) is 3.15. The molecule has 0 bridgehead atoms. The Bertz CT molecular complexity index is 635. The molecule has 1 unspecified atom stereocenters. The molecule has 0 amide bonds. The number of carbonyl (C=O) groups excluding carboxylic acids is 1. The second-order valence-corrected chi connectivity index (χ2v) is 6.69. The fraction of sp³-hybridized carbons (Fsp3) is 0.591. The molecular weight excluding hydrogens is 328 g/mol. The van der Waals surface area contributed by atoms with Crippen molar-refractivity contribution in [2.75, 3.05) is 14.2 Å². The topological polar surface area (TPSA) is 44.8 Å². The average molecular weight is 358 g/mol. The fourth-order valence-electron chi connectivity index (χ4n) is 3.15. The molecular formula is C22H30O4. The number of methoxy groups -OCH3 is 2. The summed E-state index contributed by atoms with van der Waals surface area (Å²) in [4.78, 5) is 11.8. The Kier molecular flexibility index (Phi) is 8.34. The predicted octanol–water partition coefficient (Wildman–Crippen LogP) is 4.86. The largest absolute Gasteiger partial charge is 0.493 e. The third-order valence-corrected chi connectivity index (χ3v) is 4.72. The van der Waals surface area contributed by atoms with Crippen LogP contribution < -0.4 is 9.47 Å². The highest BCUT2D eigenvalue weighted by Crippen LogP contribution is 2.35. The van der Waals surface area contributed by atoms with E-state index < -0.39 is 0 Å². The number of carbonyl (C=O) groups is 1. The zero-order valence-electron chi connectivity index (χ0n) is 16.2. The molecule has 1 saturated carbocycles. The molecule has 1 aliphatic rings. The molecule has 1 aromatic carbocycles. The second kappa shape index (κ2) is 10.8. The van der Waals surface area contributed by atoms with Crippen molar-refractivity contribution >= 4 is 5.97 Å². The van der Waals surface area contributed by atoms with Crippen molar-refractivity contribution in [2.24, 2.45) is 0 Å². The summed E-state index contributed by atoms with van der Waals surface area (Å²) in [5, 5.41) is 0.